The number of hydrogen-bond acceptors (Lipinski definition) is 3. The van der Waals surface area contributed by atoms with Crippen molar-refractivity contribution in [2.75, 3.05) is 0 Å². The predicted octanol–water partition coefficient (Wildman–Crippen LogP) is 1.43. The van der Waals surface area contributed by atoms with Crippen molar-refractivity contribution in [2.24, 2.45) is 5.41 Å². The molecule has 5 heteroatoms. The number of nitrogens with zero attached hydrogens (tertiary/aromatic N) is 3. The first-order chi connectivity index (χ1) is 6.69. The maximum absolute atomic E-state index is 11.4. The van der Waals surface area contributed by atoms with Crippen LogP contribution in [-0.4, -0.2) is 26.1 Å². The third-order valence-electron chi connectivity index (χ3n) is 2.94. The summed E-state index contributed by atoms with van der Waals surface area (Å²) >= 11 is 0. The molecule has 0 aliphatic rings. The zero-order valence-electron chi connectivity index (χ0n) is 9.77. The van der Waals surface area contributed by atoms with Gasteiger partial charge in [-0.1, -0.05) is 26.0 Å². The lowest BCUT2D eigenvalue weighted by Gasteiger charge is -2.37. The number of hydrogen-bond donors (Lipinski definition) is 1. The summed E-state index contributed by atoms with van der Waals surface area (Å²) in [5.74, 6) is -0.903. The second kappa shape index (κ2) is 3.32. The van der Waals surface area contributed by atoms with Gasteiger partial charge in [0.25, 0.3) is 0 Å². The van der Waals surface area contributed by atoms with Crippen LogP contribution in [-0.2, 0) is 10.3 Å². The summed E-state index contributed by atoms with van der Waals surface area (Å²) in [7, 11) is 0. The highest BCUT2D eigenvalue weighted by molar-refractivity contribution is 5.77. The molecule has 0 fully saturated rings. The van der Waals surface area contributed by atoms with Crippen molar-refractivity contribution < 1.29 is 9.90 Å². The quantitative estimate of drug-likeness (QED) is 0.803. The van der Waals surface area contributed by atoms with Crippen molar-refractivity contribution >= 4 is 5.97 Å². The molecule has 0 aliphatic heterocycles. The first kappa shape index (κ1) is 11.7. The molecule has 0 amide bonds. The highest BCUT2D eigenvalue weighted by atomic mass is 16.4. The second-order valence-electron chi connectivity index (χ2n) is 4.93. The van der Waals surface area contributed by atoms with Crippen LogP contribution in [0.2, 0.25) is 0 Å². The van der Waals surface area contributed by atoms with E-state index in [4.69, 9.17) is 0 Å². The second-order valence-corrected chi connectivity index (χ2v) is 4.93. The molecule has 0 aromatic carbocycles. The SMILES string of the molecule is Cc1cn([C@](C)(C(=O)O)C(C)(C)C)nn1. The Morgan fingerprint density at radius 2 is 1.93 bits per heavy atom. The summed E-state index contributed by atoms with van der Waals surface area (Å²) < 4.78 is 1.42. The number of carboxylic acid groups (broad SMARTS) is 1. The summed E-state index contributed by atoms with van der Waals surface area (Å²) in [6, 6.07) is 0. The average Bonchev–Trinajstić information content (AvgIpc) is 2.48. The van der Waals surface area contributed by atoms with Crippen molar-refractivity contribution in [3.05, 3.63) is 11.9 Å². The van der Waals surface area contributed by atoms with Gasteiger partial charge >= 0.3 is 5.97 Å². The van der Waals surface area contributed by atoms with Gasteiger partial charge in [0.15, 0.2) is 5.54 Å². The number of aromatic nitrogens is 3. The Bertz CT molecular complexity index is 378. The average molecular weight is 211 g/mol. The lowest BCUT2D eigenvalue weighted by atomic mass is 9.75. The van der Waals surface area contributed by atoms with Gasteiger partial charge in [0.05, 0.1) is 5.69 Å². The third kappa shape index (κ3) is 1.73. The molecule has 1 rings (SSSR count). The zero-order valence-corrected chi connectivity index (χ0v) is 9.77. The Labute approximate surface area is 89.1 Å². The van der Waals surface area contributed by atoms with Gasteiger partial charge in [0, 0.05) is 6.20 Å². The van der Waals surface area contributed by atoms with Gasteiger partial charge in [-0.3, -0.25) is 0 Å². The van der Waals surface area contributed by atoms with Crippen molar-refractivity contribution in [1.29, 1.82) is 0 Å². The van der Waals surface area contributed by atoms with Crippen LogP contribution >= 0.6 is 0 Å². The van der Waals surface area contributed by atoms with Crippen LogP contribution in [0.1, 0.15) is 33.4 Å². The molecular formula is C10H17N3O2. The third-order valence-corrected chi connectivity index (χ3v) is 2.94. The van der Waals surface area contributed by atoms with Gasteiger partial charge < -0.3 is 5.11 Å². The first-order valence-electron chi connectivity index (χ1n) is 4.82. The molecule has 15 heavy (non-hydrogen) atoms. The summed E-state index contributed by atoms with van der Waals surface area (Å²) in [6.45, 7) is 9.06. The summed E-state index contributed by atoms with van der Waals surface area (Å²) in [5.41, 5.74) is -0.820. The van der Waals surface area contributed by atoms with Crippen molar-refractivity contribution in [2.45, 2.75) is 40.2 Å². The Kier molecular flexibility index (Phi) is 2.59. The molecule has 1 aromatic rings. The van der Waals surface area contributed by atoms with Crippen LogP contribution in [0, 0.1) is 12.3 Å². The van der Waals surface area contributed by atoms with E-state index in [0.717, 1.165) is 0 Å². The molecule has 0 saturated heterocycles. The topological polar surface area (TPSA) is 68.0 Å². The number of carboxylic acids is 1. The van der Waals surface area contributed by atoms with E-state index in [1.54, 1.807) is 20.0 Å². The van der Waals surface area contributed by atoms with Gasteiger partial charge in [-0.05, 0) is 19.3 Å². The molecule has 1 N–H and O–H groups in total. The molecule has 5 nitrogen and oxygen atoms in total. The van der Waals surface area contributed by atoms with E-state index in [9.17, 15) is 9.90 Å². The minimum atomic E-state index is -1.09. The molecular weight excluding hydrogens is 194 g/mol. The molecule has 1 heterocycles. The van der Waals surface area contributed by atoms with E-state index in [0.29, 0.717) is 5.69 Å². The van der Waals surface area contributed by atoms with Crippen molar-refractivity contribution in [3.8, 4) is 0 Å². The minimum absolute atomic E-state index is 0.445. The molecule has 1 aromatic heterocycles. The smallest absolute Gasteiger partial charge is 0.331 e. The molecule has 1 atom stereocenters. The Morgan fingerprint density at radius 1 is 1.40 bits per heavy atom. The lowest BCUT2D eigenvalue weighted by Crippen LogP contribution is -2.50. The van der Waals surface area contributed by atoms with Crippen LogP contribution in [0.4, 0.5) is 0 Å². The van der Waals surface area contributed by atoms with Gasteiger partial charge in [-0.2, -0.15) is 0 Å². The van der Waals surface area contributed by atoms with Crippen LogP contribution in [0.25, 0.3) is 0 Å². The Hall–Kier alpha value is -1.39. The summed E-state index contributed by atoms with van der Waals surface area (Å²) in [6.07, 6.45) is 1.65. The van der Waals surface area contributed by atoms with Crippen molar-refractivity contribution in [1.82, 2.24) is 15.0 Å². The van der Waals surface area contributed by atoms with Crippen LogP contribution in [0.5, 0.6) is 0 Å². The maximum Gasteiger partial charge on any atom is 0.331 e. The number of aryl methyl sites for hydroxylation is 1. The fourth-order valence-electron chi connectivity index (χ4n) is 1.33. The fourth-order valence-corrected chi connectivity index (χ4v) is 1.33. The standard InChI is InChI=1S/C10H17N3O2/c1-7-6-13(12-11-7)10(5,8(14)15)9(2,3)4/h6H,1-5H3,(H,14,15)/t10-/m1/s1. The van der Waals surface area contributed by atoms with E-state index >= 15 is 0 Å². The van der Waals surface area contributed by atoms with E-state index in [2.05, 4.69) is 10.3 Å². The minimum Gasteiger partial charge on any atom is -0.479 e. The van der Waals surface area contributed by atoms with Gasteiger partial charge in [-0.25, -0.2) is 9.48 Å². The highest BCUT2D eigenvalue weighted by Gasteiger charge is 2.47. The first-order valence-corrected chi connectivity index (χ1v) is 4.82. The van der Waals surface area contributed by atoms with Gasteiger partial charge in [-0.15, -0.1) is 5.10 Å². The van der Waals surface area contributed by atoms with Gasteiger partial charge in [0.2, 0.25) is 0 Å². The number of aliphatic carboxylic acids is 1. The predicted molar refractivity (Wildman–Crippen MR) is 55.5 cm³/mol. The molecule has 0 spiro atoms. The number of rotatable bonds is 2. The Balaban J connectivity index is 3.31. The summed E-state index contributed by atoms with van der Waals surface area (Å²) in [5, 5.41) is 17.0. The highest BCUT2D eigenvalue weighted by Crippen LogP contribution is 2.36. The molecule has 0 radical (unpaired) electrons. The van der Waals surface area contributed by atoms with E-state index in [1.165, 1.54) is 4.68 Å². The normalized spacial score (nSPS) is 16.1. The van der Waals surface area contributed by atoms with Crippen molar-refractivity contribution in [3.63, 3.8) is 0 Å². The number of carbonyl (C=O) groups is 1. The van der Waals surface area contributed by atoms with Crippen LogP contribution in [0.15, 0.2) is 6.20 Å². The van der Waals surface area contributed by atoms with Crippen LogP contribution in [0.3, 0.4) is 0 Å². The monoisotopic (exact) mass is 211 g/mol. The maximum atomic E-state index is 11.4. The molecule has 0 aliphatic carbocycles. The summed E-state index contributed by atoms with van der Waals surface area (Å²) in [4.78, 5) is 11.4. The fraction of sp³-hybridized carbons (Fsp3) is 0.700. The lowest BCUT2D eigenvalue weighted by molar-refractivity contribution is -0.153. The molecule has 0 bridgehead atoms. The van der Waals surface area contributed by atoms with E-state index in [1.807, 2.05) is 20.8 Å². The molecule has 84 valence electrons. The Morgan fingerprint density at radius 3 is 2.20 bits per heavy atom. The molecule has 0 saturated carbocycles. The van der Waals surface area contributed by atoms with Crippen LogP contribution < -0.4 is 0 Å². The van der Waals surface area contributed by atoms with E-state index in [-0.39, 0.29) is 0 Å². The van der Waals surface area contributed by atoms with Gasteiger partial charge in [0.1, 0.15) is 0 Å². The largest absolute Gasteiger partial charge is 0.479 e. The van der Waals surface area contributed by atoms with E-state index < -0.39 is 16.9 Å². The molecule has 0 unspecified atom stereocenters. The zero-order chi connectivity index (χ0) is 11.9.